The lowest BCUT2D eigenvalue weighted by atomic mass is 10.3. The largest absolute Gasteiger partial charge is 0.394 e. The van der Waals surface area contributed by atoms with Gasteiger partial charge < -0.3 is 31.5 Å². The van der Waals surface area contributed by atoms with Gasteiger partial charge in [-0.25, -0.2) is 0 Å². The molecule has 2 atom stereocenters. The van der Waals surface area contributed by atoms with Gasteiger partial charge in [0.25, 0.3) is 0 Å². The summed E-state index contributed by atoms with van der Waals surface area (Å²) in [5, 5.41) is 15.2. The number of aliphatic hydroxyl groups is 2. The molecule has 0 bridgehead atoms. The molecule has 0 amide bonds. The first kappa shape index (κ1) is 22.9. The monoisotopic (exact) mass is 266 g/mol. The van der Waals surface area contributed by atoms with Crippen LogP contribution in [0.25, 0.3) is 0 Å². The van der Waals surface area contributed by atoms with E-state index >= 15 is 0 Å². The lowest BCUT2D eigenvalue weighted by Gasteiger charge is -2.11. The minimum atomic E-state index is -0.125. The highest BCUT2D eigenvalue weighted by Gasteiger charge is 1.92. The maximum atomic E-state index is 7.62. The summed E-state index contributed by atoms with van der Waals surface area (Å²) in [6.07, 6.45) is 0. The second kappa shape index (κ2) is 16.8. The molecule has 0 saturated carbocycles. The second-order valence-corrected chi connectivity index (χ2v) is 4.93. The normalized spacial score (nSPS) is 13.3. The molecule has 0 spiro atoms. The van der Waals surface area contributed by atoms with Crippen LogP contribution in [0.2, 0.25) is 0 Å². The first-order chi connectivity index (χ1) is 8.17. The number of hydrogen-bond donors (Lipinski definition) is 4. The molecule has 0 radical (unpaired) electrons. The van der Waals surface area contributed by atoms with Crippen LogP contribution in [0.15, 0.2) is 0 Å². The average molecular weight is 266 g/mol. The van der Waals surface area contributed by atoms with Gasteiger partial charge in [-0.2, -0.15) is 0 Å². The molecule has 18 heavy (non-hydrogen) atoms. The first-order valence-electron chi connectivity index (χ1n) is 6.19. The van der Waals surface area contributed by atoms with Crippen molar-refractivity contribution in [3.05, 3.63) is 0 Å². The molecule has 0 aliphatic heterocycles. The fourth-order valence-corrected chi connectivity index (χ4v) is 1.15. The van der Waals surface area contributed by atoms with Gasteiger partial charge in [-0.1, -0.05) is 0 Å². The van der Waals surface area contributed by atoms with Crippen molar-refractivity contribution in [2.24, 2.45) is 11.5 Å². The zero-order valence-corrected chi connectivity index (χ0v) is 12.9. The molecular formula is C12H34N4O2. The van der Waals surface area contributed by atoms with Crippen LogP contribution in [0.1, 0.15) is 13.8 Å². The van der Waals surface area contributed by atoms with Crippen LogP contribution in [0, 0.1) is 0 Å². The molecule has 114 valence electrons. The van der Waals surface area contributed by atoms with Gasteiger partial charge in [-0.15, -0.1) is 0 Å². The standard InChI is InChI=1S/2C5H14N2.C2H6O2/c2*1-5(6)4-7(2)3;3-1-2-4/h2*5H,4,6H2,1-3H3;3-4H,1-2H2. The van der Waals surface area contributed by atoms with Gasteiger partial charge in [-0.05, 0) is 42.0 Å². The molecule has 6 nitrogen and oxygen atoms in total. The summed E-state index contributed by atoms with van der Waals surface area (Å²) in [7, 11) is 8.07. The van der Waals surface area contributed by atoms with Crippen molar-refractivity contribution in [2.45, 2.75) is 25.9 Å². The van der Waals surface area contributed by atoms with Crippen molar-refractivity contribution in [1.29, 1.82) is 0 Å². The Hall–Kier alpha value is -0.240. The summed E-state index contributed by atoms with van der Waals surface area (Å²) < 4.78 is 0. The van der Waals surface area contributed by atoms with Gasteiger partial charge in [-0.3, -0.25) is 0 Å². The van der Waals surface area contributed by atoms with Gasteiger partial charge in [0.1, 0.15) is 0 Å². The predicted molar refractivity (Wildman–Crippen MR) is 78.6 cm³/mol. The molecule has 0 aromatic heterocycles. The number of nitrogens with two attached hydrogens (primary N) is 2. The van der Waals surface area contributed by atoms with E-state index in [0.29, 0.717) is 12.1 Å². The van der Waals surface area contributed by atoms with Crippen molar-refractivity contribution >= 4 is 0 Å². The van der Waals surface area contributed by atoms with E-state index in [0.717, 1.165) is 13.1 Å². The van der Waals surface area contributed by atoms with Crippen LogP contribution in [-0.2, 0) is 0 Å². The molecule has 0 aliphatic carbocycles. The van der Waals surface area contributed by atoms with Gasteiger partial charge in [0.2, 0.25) is 0 Å². The summed E-state index contributed by atoms with van der Waals surface area (Å²) in [5.41, 5.74) is 10.9. The smallest absolute Gasteiger partial charge is 0.0662 e. The fourth-order valence-electron chi connectivity index (χ4n) is 1.15. The van der Waals surface area contributed by atoms with E-state index in [4.69, 9.17) is 21.7 Å². The quantitative estimate of drug-likeness (QED) is 0.497. The fraction of sp³-hybridized carbons (Fsp3) is 1.00. The highest BCUT2D eigenvalue weighted by molar-refractivity contribution is 4.54. The number of hydrogen-bond acceptors (Lipinski definition) is 6. The molecular weight excluding hydrogens is 232 g/mol. The third-order valence-corrected chi connectivity index (χ3v) is 1.41. The SMILES string of the molecule is CC(N)CN(C)C.CC(N)CN(C)C.OCCO. The summed E-state index contributed by atoms with van der Waals surface area (Å²) >= 11 is 0. The number of likely N-dealkylation sites (N-methyl/N-ethyl adjacent to an activating group) is 2. The van der Waals surface area contributed by atoms with Crippen LogP contribution in [0.3, 0.4) is 0 Å². The van der Waals surface area contributed by atoms with E-state index in [1.165, 1.54) is 0 Å². The lowest BCUT2D eigenvalue weighted by molar-refractivity contribution is 0.186. The van der Waals surface area contributed by atoms with E-state index in [9.17, 15) is 0 Å². The molecule has 0 rings (SSSR count). The topological polar surface area (TPSA) is 99.0 Å². The first-order valence-corrected chi connectivity index (χ1v) is 6.19. The molecule has 0 fully saturated rings. The van der Waals surface area contributed by atoms with Gasteiger partial charge >= 0.3 is 0 Å². The highest BCUT2D eigenvalue weighted by Crippen LogP contribution is 1.77. The van der Waals surface area contributed by atoms with Crippen molar-refractivity contribution in [1.82, 2.24) is 9.80 Å². The Labute approximate surface area is 113 Å². The van der Waals surface area contributed by atoms with Crippen LogP contribution < -0.4 is 11.5 Å². The molecule has 6 N–H and O–H groups in total. The number of nitrogens with zero attached hydrogens (tertiary/aromatic N) is 2. The van der Waals surface area contributed by atoms with Crippen molar-refractivity contribution in [3.63, 3.8) is 0 Å². The van der Waals surface area contributed by atoms with Gasteiger partial charge in [0.05, 0.1) is 13.2 Å². The maximum absolute atomic E-state index is 7.62. The summed E-state index contributed by atoms with van der Waals surface area (Å²) in [6.45, 7) is 5.69. The van der Waals surface area contributed by atoms with Crippen molar-refractivity contribution in [3.8, 4) is 0 Å². The molecule has 0 aromatic rings. The molecule has 0 aromatic carbocycles. The Balaban J connectivity index is -0.000000196. The van der Waals surface area contributed by atoms with E-state index in [1.54, 1.807) is 0 Å². The summed E-state index contributed by atoms with van der Waals surface area (Å²) in [4.78, 5) is 4.15. The lowest BCUT2D eigenvalue weighted by Crippen LogP contribution is -2.30. The minimum absolute atomic E-state index is 0.125. The predicted octanol–water partition coefficient (Wildman–Crippen LogP) is -1.24. The second-order valence-electron chi connectivity index (χ2n) is 4.93. The maximum Gasteiger partial charge on any atom is 0.0662 e. The third-order valence-electron chi connectivity index (χ3n) is 1.41. The van der Waals surface area contributed by atoms with Crippen LogP contribution in [-0.4, -0.2) is 86.6 Å². The van der Waals surface area contributed by atoms with Crippen molar-refractivity contribution in [2.75, 3.05) is 54.5 Å². The third kappa shape index (κ3) is 44.7. The van der Waals surface area contributed by atoms with Crippen LogP contribution >= 0.6 is 0 Å². The number of aliphatic hydroxyl groups excluding tert-OH is 2. The summed E-state index contributed by atoms with van der Waals surface area (Å²) in [6, 6.07) is 0.602. The average Bonchev–Trinajstić information content (AvgIpc) is 2.14. The zero-order valence-electron chi connectivity index (χ0n) is 12.9. The Morgan fingerprint density at radius 3 is 1.00 bits per heavy atom. The Kier molecular flexibility index (Phi) is 21.3. The summed E-state index contributed by atoms with van der Waals surface area (Å²) in [5.74, 6) is 0. The molecule has 6 heteroatoms. The molecule has 0 aliphatic rings. The Morgan fingerprint density at radius 1 is 0.778 bits per heavy atom. The van der Waals surface area contributed by atoms with Crippen molar-refractivity contribution < 1.29 is 10.2 Å². The highest BCUT2D eigenvalue weighted by atomic mass is 16.3. The van der Waals surface area contributed by atoms with E-state index in [-0.39, 0.29) is 13.2 Å². The van der Waals surface area contributed by atoms with Crippen LogP contribution in [0.5, 0.6) is 0 Å². The van der Waals surface area contributed by atoms with E-state index in [2.05, 4.69) is 9.80 Å². The Bertz CT molecular complexity index is 114. The van der Waals surface area contributed by atoms with E-state index < -0.39 is 0 Å². The van der Waals surface area contributed by atoms with Gasteiger partial charge in [0, 0.05) is 25.2 Å². The van der Waals surface area contributed by atoms with Crippen LogP contribution in [0.4, 0.5) is 0 Å². The van der Waals surface area contributed by atoms with Gasteiger partial charge in [0.15, 0.2) is 0 Å². The zero-order chi connectivity index (χ0) is 15.1. The molecule has 0 saturated heterocycles. The minimum Gasteiger partial charge on any atom is -0.394 e. The van der Waals surface area contributed by atoms with E-state index in [1.807, 2.05) is 42.0 Å². The molecule has 0 heterocycles. The Morgan fingerprint density at radius 2 is 1.00 bits per heavy atom. The number of rotatable bonds is 5. The molecule has 2 unspecified atom stereocenters.